The van der Waals surface area contributed by atoms with Crippen molar-refractivity contribution in [2.45, 2.75) is 12.2 Å². The molecule has 2 atom stereocenters. The number of ether oxygens (including phenoxy) is 2. The number of aliphatic hydroxyl groups is 1. The van der Waals surface area contributed by atoms with Crippen molar-refractivity contribution in [3.63, 3.8) is 0 Å². The van der Waals surface area contributed by atoms with Crippen molar-refractivity contribution in [1.82, 2.24) is 25.1 Å². The van der Waals surface area contributed by atoms with E-state index in [0.717, 1.165) is 0 Å². The number of nitrogens with two attached hydrogens (primary N) is 1. The van der Waals surface area contributed by atoms with E-state index >= 15 is 0 Å². The van der Waals surface area contributed by atoms with Gasteiger partial charge in [-0.15, -0.1) is 10.2 Å². The Hall–Kier alpha value is -4.56. The smallest absolute Gasteiger partial charge is 0.260 e. The van der Waals surface area contributed by atoms with Crippen molar-refractivity contribution in [2.75, 3.05) is 36.2 Å². The van der Waals surface area contributed by atoms with Gasteiger partial charge in [-0.05, 0) is 12.1 Å². The van der Waals surface area contributed by atoms with Crippen LogP contribution in [0.2, 0.25) is 0 Å². The first-order valence-electron chi connectivity index (χ1n) is 10.4. The molecule has 1 saturated heterocycles. The van der Waals surface area contributed by atoms with Gasteiger partial charge in [0.25, 0.3) is 11.8 Å². The molecule has 180 valence electrons. The molecule has 4 heterocycles. The lowest BCUT2D eigenvalue weighted by molar-refractivity contribution is -0.150. The lowest BCUT2D eigenvalue weighted by Crippen LogP contribution is -2.55. The van der Waals surface area contributed by atoms with Crippen LogP contribution in [0.3, 0.4) is 0 Å². The minimum atomic E-state index is -1.77. The largest absolute Gasteiger partial charge is 0.480 e. The van der Waals surface area contributed by atoms with Crippen molar-refractivity contribution in [2.24, 2.45) is 0 Å². The van der Waals surface area contributed by atoms with Gasteiger partial charge in [-0.3, -0.25) is 14.5 Å². The van der Waals surface area contributed by atoms with Crippen LogP contribution in [0.4, 0.5) is 17.3 Å². The Kier molecular flexibility index (Phi) is 5.72. The number of morpholine rings is 1. The van der Waals surface area contributed by atoms with Gasteiger partial charge < -0.3 is 30.2 Å². The lowest BCUT2D eigenvalue weighted by atomic mass is 10.1. The SMILES string of the molecule is COc1cc(-n2ccc(N3CCOC(C(O)C(=O)Nc4ccc5c(N)noc5c4)C3=O)n2)cnn1. The molecule has 5 rings (SSSR count). The van der Waals surface area contributed by atoms with Crippen LogP contribution in [0.1, 0.15) is 0 Å². The van der Waals surface area contributed by atoms with E-state index in [1.165, 1.54) is 29.0 Å². The van der Waals surface area contributed by atoms with E-state index in [-0.39, 0.29) is 19.0 Å². The number of benzene rings is 1. The normalized spacial score (nSPS) is 16.9. The third-order valence-electron chi connectivity index (χ3n) is 5.39. The number of hydrogen-bond acceptors (Lipinski definition) is 11. The zero-order valence-corrected chi connectivity index (χ0v) is 18.4. The van der Waals surface area contributed by atoms with Gasteiger partial charge >= 0.3 is 0 Å². The summed E-state index contributed by atoms with van der Waals surface area (Å²) in [6.07, 6.45) is -0.0568. The molecule has 2 amide bonds. The topological polar surface area (TPSA) is 184 Å². The quantitative estimate of drug-likeness (QED) is 0.341. The summed E-state index contributed by atoms with van der Waals surface area (Å²) in [7, 11) is 1.47. The summed E-state index contributed by atoms with van der Waals surface area (Å²) in [5, 5.41) is 29.4. The Morgan fingerprint density at radius 2 is 2.20 bits per heavy atom. The third kappa shape index (κ3) is 4.22. The van der Waals surface area contributed by atoms with Crippen LogP contribution in [0.5, 0.6) is 5.88 Å². The molecule has 0 spiro atoms. The number of carbonyl (C=O) groups excluding carboxylic acids is 2. The minimum absolute atomic E-state index is 0.0988. The summed E-state index contributed by atoms with van der Waals surface area (Å²) in [4.78, 5) is 27.1. The number of rotatable bonds is 6. The number of hydrogen-bond donors (Lipinski definition) is 3. The van der Waals surface area contributed by atoms with Crippen LogP contribution >= 0.6 is 0 Å². The first-order chi connectivity index (χ1) is 16.9. The van der Waals surface area contributed by atoms with E-state index < -0.39 is 24.0 Å². The van der Waals surface area contributed by atoms with Gasteiger partial charge in [-0.25, -0.2) is 4.68 Å². The first kappa shape index (κ1) is 22.2. The first-order valence-corrected chi connectivity index (χ1v) is 10.4. The molecule has 4 aromatic rings. The van der Waals surface area contributed by atoms with Crippen LogP contribution in [0.15, 0.2) is 47.2 Å². The van der Waals surface area contributed by atoms with Gasteiger partial charge in [0.2, 0.25) is 5.88 Å². The summed E-state index contributed by atoms with van der Waals surface area (Å²) in [6, 6.07) is 7.96. The Morgan fingerprint density at radius 3 is 3.03 bits per heavy atom. The molecule has 1 aliphatic heterocycles. The fourth-order valence-corrected chi connectivity index (χ4v) is 3.61. The maximum atomic E-state index is 13.1. The van der Waals surface area contributed by atoms with Gasteiger partial charge in [0, 0.05) is 30.1 Å². The summed E-state index contributed by atoms with van der Waals surface area (Å²) in [5.74, 6) is -0.575. The highest BCUT2D eigenvalue weighted by Gasteiger charge is 2.40. The van der Waals surface area contributed by atoms with E-state index in [2.05, 4.69) is 25.8 Å². The molecule has 2 unspecified atom stereocenters. The van der Waals surface area contributed by atoms with Gasteiger partial charge in [-0.1, -0.05) is 5.16 Å². The molecular weight excluding hydrogens is 460 g/mol. The molecule has 0 radical (unpaired) electrons. The van der Waals surface area contributed by atoms with Crippen LogP contribution in [0.25, 0.3) is 16.7 Å². The van der Waals surface area contributed by atoms with Crippen LogP contribution in [-0.2, 0) is 14.3 Å². The van der Waals surface area contributed by atoms with Crippen molar-refractivity contribution in [3.8, 4) is 11.6 Å². The van der Waals surface area contributed by atoms with Gasteiger partial charge in [0.15, 0.2) is 29.4 Å². The fraction of sp³-hybridized carbons (Fsp3) is 0.238. The van der Waals surface area contributed by atoms with Crippen LogP contribution in [0, 0.1) is 0 Å². The summed E-state index contributed by atoms with van der Waals surface area (Å²) in [5.41, 5.74) is 6.96. The Labute approximate surface area is 197 Å². The van der Waals surface area contributed by atoms with Gasteiger partial charge in [-0.2, -0.15) is 5.10 Å². The monoisotopic (exact) mass is 480 g/mol. The predicted molar refractivity (Wildman–Crippen MR) is 121 cm³/mol. The molecule has 4 N–H and O–H groups in total. The molecule has 0 aliphatic carbocycles. The second-order valence-corrected chi connectivity index (χ2v) is 7.57. The highest BCUT2D eigenvalue weighted by atomic mass is 16.5. The molecule has 1 aromatic carbocycles. The standard InChI is InChI=1S/C21H20N8O6/c1-33-16-9-12(10-23-25-16)29-5-4-15(26-29)28-6-7-34-18(21(28)32)17(30)20(31)24-11-2-3-13-14(8-11)35-27-19(13)22/h2-5,8-10,17-18,30H,6-7H2,1H3,(H2,22,27)(H,24,31). The maximum absolute atomic E-state index is 13.1. The molecule has 14 heteroatoms. The van der Waals surface area contributed by atoms with Crippen molar-refractivity contribution in [3.05, 3.63) is 42.7 Å². The zero-order valence-electron chi connectivity index (χ0n) is 18.4. The molecular formula is C21H20N8O6. The Morgan fingerprint density at radius 1 is 1.34 bits per heavy atom. The molecule has 1 aliphatic rings. The number of aromatic nitrogens is 5. The summed E-state index contributed by atoms with van der Waals surface area (Å²) in [6.45, 7) is 0.295. The lowest BCUT2D eigenvalue weighted by Gasteiger charge is -2.32. The number of aliphatic hydroxyl groups excluding tert-OH is 1. The van der Waals surface area contributed by atoms with E-state index in [1.54, 1.807) is 30.5 Å². The number of nitrogen functional groups attached to an aromatic ring is 1. The van der Waals surface area contributed by atoms with Crippen molar-refractivity contribution in [1.29, 1.82) is 0 Å². The Bertz CT molecular complexity index is 1400. The van der Waals surface area contributed by atoms with E-state index in [9.17, 15) is 14.7 Å². The Balaban J connectivity index is 1.30. The van der Waals surface area contributed by atoms with E-state index in [4.69, 9.17) is 19.7 Å². The molecule has 3 aromatic heterocycles. The average molecular weight is 480 g/mol. The van der Waals surface area contributed by atoms with Crippen LogP contribution < -0.4 is 20.7 Å². The number of anilines is 3. The zero-order chi connectivity index (χ0) is 24.5. The number of carbonyl (C=O) groups is 2. The fourth-order valence-electron chi connectivity index (χ4n) is 3.61. The number of fused-ring (bicyclic) bond motifs is 1. The van der Waals surface area contributed by atoms with Crippen molar-refractivity contribution >= 4 is 40.1 Å². The number of nitrogens with one attached hydrogen (secondary N) is 1. The highest BCUT2D eigenvalue weighted by molar-refractivity contribution is 6.04. The molecule has 35 heavy (non-hydrogen) atoms. The average Bonchev–Trinajstić information content (AvgIpc) is 3.51. The van der Waals surface area contributed by atoms with Crippen molar-refractivity contribution < 1.29 is 28.7 Å². The summed E-state index contributed by atoms with van der Waals surface area (Å²) < 4.78 is 17.1. The van der Waals surface area contributed by atoms with Crippen LogP contribution in [-0.4, -0.2) is 74.5 Å². The second kappa shape index (κ2) is 9.00. The minimum Gasteiger partial charge on any atom is -0.480 e. The number of methoxy groups -OCH3 is 1. The summed E-state index contributed by atoms with van der Waals surface area (Å²) >= 11 is 0. The maximum Gasteiger partial charge on any atom is 0.260 e. The van der Waals surface area contributed by atoms with E-state index in [1.807, 2.05) is 0 Å². The molecule has 0 saturated carbocycles. The molecule has 14 nitrogen and oxygen atoms in total. The number of nitrogens with zero attached hydrogens (tertiary/aromatic N) is 6. The third-order valence-corrected chi connectivity index (χ3v) is 5.39. The van der Waals surface area contributed by atoms with Gasteiger partial charge in [0.1, 0.15) is 0 Å². The van der Waals surface area contributed by atoms with Gasteiger partial charge in [0.05, 0.1) is 37.5 Å². The highest BCUT2D eigenvalue weighted by Crippen LogP contribution is 2.25. The second-order valence-electron chi connectivity index (χ2n) is 7.57. The predicted octanol–water partition coefficient (Wildman–Crippen LogP) is 0.126. The molecule has 0 bridgehead atoms. The molecule has 1 fully saturated rings. The number of amides is 2. The van der Waals surface area contributed by atoms with E-state index in [0.29, 0.717) is 34.0 Å².